The number of benzene rings is 2. The summed E-state index contributed by atoms with van der Waals surface area (Å²) in [4.78, 5) is 3.00. The molecule has 3 aromatic rings. The van der Waals surface area contributed by atoms with Gasteiger partial charge in [-0.05, 0) is 54.5 Å². The van der Waals surface area contributed by atoms with Gasteiger partial charge in [-0.3, -0.25) is 0 Å². The van der Waals surface area contributed by atoms with Gasteiger partial charge in [0, 0.05) is 24.2 Å². The lowest BCUT2D eigenvalue weighted by atomic mass is 9.92. The highest BCUT2D eigenvalue weighted by Crippen LogP contribution is 2.25. The number of hydrogen-bond acceptors (Lipinski definition) is 1. The number of fused-ring (bicyclic) bond motifs is 1. The van der Waals surface area contributed by atoms with Gasteiger partial charge in [0.1, 0.15) is 5.82 Å². The maximum atomic E-state index is 13.8. The Bertz CT molecular complexity index is 895. The smallest absolute Gasteiger partial charge is 0.147 e. The lowest BCUT2D eigenvalue weighted by Crippen LogP contribution is -2.32. The third kappa shape index (κ3) is 3.73. The predicted octanol–water partition coefficient (Wildman–Crippen LogP) is 5.47. The van der Waals surface area contributed by atoms with E-state index in [4.69, 9.17) is 0 Å². The molecule has 2 heterocycles. The minimum absolute atomic E-state index is 0.166. The zero-order valence-corrected chi connectivity index (χ0v) is 15.0. The van der Waals surface area contributed by atoms with Crippen LogP contribution in [0.1, 0.15) is 36.8 Å². The van der Waals surface area contributed by atoms with Crippen molar-refractivity contribution < 1.29 is 4.39 Å². The van der Waals surface area contributed by atoms with Crippen LogP contribution >= 0.6 is 0 Å². The van der Waals surface area contributed by atoms with E-state index in [2.05, 4.69) is 46.7 Å². The first-order valence-corrected chi connectivity index (χ1v) is 9.53. The minimum atomic E-state index is -0.166. The maximum Gasteiger partial charge on any atom is 0.147 e. The van der Waals surface area contributed by atoms with Gasteiger partial charge in [-0.1, -0.05) is 48.9 Å². The Labute approximate surface area is 154 Å². The van der Waals surface area contributed by atoms with Crippen LogP contribution in [-0.4, -0.2) is 17.6 Å². The van der Waals surface area contributed by atoms with Crippen LogP contribution in [0.15, 0.2) is 60.8 Å². The Morgan fingerprint density at radius 3 is 2.77 bits per heavy atom. The van der Waals surface area contributed by atoms with Gasteiger partial charge in [0.25, 0.3) is 0 Å². The monoisotopic (exact) mass is 348 g/mol. The highest BCUT2D eigenvalue weighted by atomic mass is 19.1. The van der Waals surface area contributed by atoms with Gasteiger partial charge in [-0.2, -0.15) is 0 Å². The van der Waals surface area contributed by atoms with Crippen molar-refractivity contribution in [3.63, 3.8) is 0 Å². The van der Waals surface area contributed by atoms with Gasteiger partial charge in [-0.15, -0.1) is 0 Å². The Hall–Kier alpha value is -2.39. The zero-order chi connectivity index (χ0) is 17.8. The van der Waals surface area contributed by atoms with Crippen LogP contribution in [0.3, 0.4) is 0 Å². The summed E-state index contributed by atoms with van der Waals surface area (Å²) in [5.41, 5.74) is 4.68. The van der Waals surface area contributed by atoms with E-state index < -0.39 is 0 Å². The molecule has 0 radical (unpaired) electrons. The number of aryl methyl sites for hydroxylation is 1. The first-order chi connectivity index (χ1) is 12.8. The van der Waals surface area contributed by atoms with E-state index in [0.717, 1.165) is 31.2 Å². The van der Waals surface area contributed by atoms with Crippen molar-refractivity contribution in [3.8, 4) is 0 Å². The summed E-state index contributed by atoms with van der Waals surface area (Å²) < 4.78 is 13.8. The van der Waals surface area contributed by atoms with E-state index in [1.165, 1.54) is 29.5 Å². The second-order valence-corrected chi connectivity index (χ2v) is 7.12. The maximum absolute atomic E-state index is 13.8. The van der Waals surface area contributed by atoms with Crippen molar-refractivity contribution in [1.82, 2.24) is 10.3 Å². The molecule has 1 unspecified atom stereocenters. The second kappa shape index (κ2) is 7.88. The molecule has 0 saturated carbocycles. The van der Waals surface area contributed by atoms with Gasteiger partial charge < -0.3 is 10.3 Å². The molecule has 1 aliphatic heterocycles. The number of H-pyrrole nitrogens is 1. The van der Waals surface area contributed by atoms with Crippen LogP contribution in [0.5, 0.6) is 0 Å². The molecule has 134 valence electrons. The fraction of sp³-hybridized carbons (Fsp3) is 0.304. The quantitative estimate of drug-likeness (QED) is 0.568. The molecular formula is C23H25FN2. The molecule has 4 rings (SSSR count). The van der Waals surface area contributed by atoms with Crippen molar-refractivity contribution in [2.45, 2.75) is 38.1 Å². The molecule has 0 spiro atoms. The molecule has 0 amide bonds. The van der Waals surface area contributed by atoms with Gasteiger partial charge in [0.05, 0.1) is 5.52 Å². The molecule has 1 atom stereocenters. The molecule has 3 heteroatoms. The molecule has 1 aliphatic rings. The van der Waals surface area contributed by atoms with Crippen molar-refractivity contribution in [1.29, 1.82) is 0 Å². The first kappa shape index (κ1) is 17.0. The number of aromatic amines is 1. The second-order valence-electron chi connectivity index (χ2n) is 7.12. The number of nitrogens with one attached hydrogen (secondary N) is 2. The first-order valence-electron chi connectivity index (χ1n) is 9.53. The molecule has 0 fully saturated rings. The van der Waals surface area contributed by atoms with Crippen LogP contribution in [0, 0.1) is 5.82 Å². The lowest BCUT2D eigenvalue weighted by molar-refractivity contribution is 0.477. The zero-order valence-electron chi connectivity index (χ0n) is 15.0. The van der Waals surface area contributed by atoms with Crippen molar-refractivity contribution in [3.05, 3.63) is 77.7 Å². The van der Waals surface area contributed by atoms with Crippen LogP contribution < -0.4 is 5.32 Å². The number of halogens is 1. The van der Waals surface area contributed by atoms with E-state index in [9.17, 15) is 4.39 Å². The number of hydrogen-bond donors (Lipinski definition) is 2. The van der Waals surface area contributed by atoms with Crippen LogP contribution in [-0.2, 0) is 6.42 Å². The fourth-order valence-electron chi connectivity index (χ4n) is 3.97. The third-order valence-electron chi connectivity index (χ3n) is 5.38. The summed E-state index contributed by atoms with van der Waals surface area (Å²) >= 11 is 0. The summed E-state index contributed by atoms with van der Waals surface area (Å²) in [5.74, 6) is -0.166. The Morgan fingerprint density at radius 1 is 1.00 bits per heavy atom. The summed E-state index contributed by atoms with van der Waals surface area (Å²) in [6.45, 7) is 0.955. The highest BCUT2D eigenvalue weighted by molar-refractivity contribution is 5.83. The van der Waals surface area contributed by atoms with Crippen molar-refractivity contribution >= 4 is 16.5 Å². The van der Waals surface area contributed by atoms with E-state index in [1.807, 2.05) is 18.3 Å². The van der Waals surface area contributed by atoms with E-state index in [1.54, 1.807) is 6.07 Å². The molecule has 0 aliphatic carbocycles. The van der Waals surface area contributed by atoms with Gasteiger partial charge in [0.2, 0.25) is 0 Å². The van der Waals surface area contributed by atoms with E-state index in [-0.39, 0.29) is 5.82 Å². The Balaban J connectivity index is 1.29. The molecular weight excluding hydrogens is 323 g/mol. The van der Waals surface area contributed by atoms with Gasteiger partial charge in [-0.25, -0.2) is 4.39 Å². The largest absolute Gasteiger partial charge is 0.359 e. The van der Waals surface area contributed by atoms with E-state index in [0.29, 0.717) is 11.6 Å². The summed E-state index contributed by atoms with van der Waals surface area (Å²) in [6.07, 6.45) is 9.73. The predicted molar refractivity (Wildman–Crippen MR) is 107 cm³/mol. The van der Waals surface area contributed by atoms with Crippen LogP contribution in [0.25, 0.3) is 16.5 Å². The number of aromatic nitrogens is 1. The molecule has 26 heavy (non-hydrogen) atoms. The average molecular weight is 348 g/mol. The highest BCUT2D eigenvalue weighted by Gasteiger charge is 2.15. The molecule has 0 saturated heterocycles. The van der Waals surface area contributed by atoms with E-state index >= 15 is 0 Å². The van der Waals surface area contributed by atoms with Crippen molar-refractivity contribution in [2.75, 3.05) is 6.54 Å². The Morgan fingerprint density at radius 2 is 1.88 bits per heavy atom. The van der Waals surface area contributed by atoms with Crippen molar-refractivity contribution in [2.24, 2.45) is 0 Å². The topological polar surface area (TPSA) is 27.8 Å². The summed E-state index contributed by atoms with van der Waals surface area (Å²) in [7, 11) is 0. The third-order valence-corrected chi connectivity index (χ3v) is 5.38. The molecule has 2 N–H and O–H groups in total. The van der Waals surface area contributed by atoms with Gasteiger partial charge in [0.15, 0.2) is 0 Å². The van der Waals surface area contributed by atoms with Crippen LogP contribution in [0.4, 0.5) is 4.39 Å². The average Bonchev–Trinajstić information content (AvgIpc) is 3.19. The Kier molecular flexibility index (Phi) is 5.16. The standard InChI is InChI=1S/C23H25FN2/c24-22-11-10-18(21-13-15-26-23(21)22)8-4-5-9-20-16-19(12-14-25-20)17-6-2-1-3-7-17/h1-3,6-7,10-13,15,20,25-26H,4-5,8-9,14,16H2. The lowest BCUT2D eigenvalue weighted by Gasteiger charge is -2.24. The van der Waals surface area contributed by atoms with Gasteiger partial charge >= 0.3 is 0 Å². The molecule has 0 bridgehead atoms. The summed E-state index contributed by atoms with van der Waals surface area (Å²) in [6, 6.07) is 16.7. The number of rotatable bonds is 6. The van der Waals surface area contributed by atoms with Crippen LogP contribution in [0.2, 0.25) is 0 Å². The molecule has 2 nitrogen and oxygen atoms in total. The minimum Gasteiger partial charge on any atom is -0.359 e. The normalized spacial score (nSPS) is 17.4. The SMILES string of the molecule is Fc1ccc(CCCCC2CC(c3ccccc3)=CCN2)c2cc[nH]c12. The molecule has 2 aromatic carbocycles. The molecule has 1 aromatic heterocycles. The fourth-order valence-corrected chi connectivity index (χ4v) is 3.97. The summed E-state index contributed by atoms with van der Waals surface area (Å²) in [5, 5.41) is 4.64. The number of unbranched alkanes of at least 4 members (excludes halogenated alkanes) is 1.